The highest BCUT2D eigenvalue weighted by Crippen LogP contribution is 2.35. The maximum atomic E-state index is 12.9. The summed E-state index contributed by atoms with van der Waals surface area (Å²) in [5, 5.41) is 0. The molecule has 8 heteroatoms. The molecule has 0 saturated carbocycles. The number of rotatable bonds is 3. The fraction of sp³-hybridized carbons (Fsp3) is 0.417. The molecular formula is C12H13F3N2O3. The normalized spacial score (nSPS) is 11.1. The summed E-state index contributed by atoms with van der Waals surface area (Å²) in [5.41, 5.74) is -1.38. The van der Waals surface area contributed by atoms with Crippen LogP contribution in [0.15, 0.2) is 12.1 Å². The quantitative estimate of drug-likeness (QED) is 0.801. The van der Waals surface area contributed by atoms with E-state index in [1.165, 1.54) is 0 Å². The van der Waals surface area contributed by atoms with E-state index < -0.39 is 29.4 Å². The van der Waals surface area contributed by atoms with E-state index in [1.807, 2.05) is 0 Å². The predicted octanol–water partition coefficient (Wildman–Crippen LogP) is 2.26. The Morgan fingerprint density at radius 3 is 2.40 bits per heavy atom. The Morgan fingerprint density at radius 1 is 1.35 bits per heavy atom. The number of hydrogen-bond donors (Lipinski definition) is 0. The SMILES string of the molecule is CCOC(=O)c1ccc(C(F)(F)F)c(N(C)C(C)=O)n1. The van der Waals surface area contributed by atoms with Gasteiger partial charge < -0.3 is 4.74 Å². The fourth-order valence-corrected chi connectivity index (χ4v) is 1.39. The van der Waals surface area contributed by atoms with Gasteiger partial charge in [0.15, 0.2) is 5.69 Å². The molecule has 0 aliphatic heterocycles. The summed E-state index contributed by atoms with van der Waals surface area (Å²) in [5.74, 6) is -2.11. The second kappa shape index (κ2) is 5.89. The summed E-state index contributed by atoms with van der Waals surface area (Å²) in [4.78, 5) is 27.0. The molecule has 1 amide bonds. The topological polar surface area (TPSA) is 59.5 Å². The Kier molecular flexibility index (Phi) is 4.69. The number of ether oxygens (including phenoxy) is 1. The summed E-state index contributed by atoms with van der Waals surface area (Å²) in [6.45, 7) is 2.73. The lowest BCUT2D eigenvalue weighted by Gasteiger charge is -2.19. The molecule has 0 bridgehead atoms. The molecule has 0 unspecified atom stereocenters. The average Bonchev–Trinajstić information content (AvgIpc) is 2.36. The van der Waals surface area contributed by atoms with E-state index in [9.17, 15) is 22.8 Å². The summed E-state index contributed by atoms with van der Waals surface area (Å²) >= 11 is 0. The molecule has 1 rings (SSSR count). The van der Waals surface area contributed by atoms with Crippen molar-refractivity contribution in [3.05, 3.63) is 23.4 Å². The Bertz CT molecular complexity index is 529. The standard InChI is InChI=1S/C12H13F3N2O3/c1-4-20-11(19)9-6-5-8(12(13,14)15)10(16-9)17(3)7(2)18/h5-6H,4H2,1-3H3. The number of anilines is 1. The maximum absolute atomic E-state index is 12.9. The van der Waals surface area contributed by atoms with Crippen molar-refractivity contribution in [2.75, 3.05) is 18.6 Å². The first-order valence-corrected chi connectivity index (χ1v) is 5.68. The number of aromatic nitrogens is 1. The zero-order valence-electron chi connectivity index (χ0n) is 11.1. The number of carbonyl (C=O) groups excluding carboxylic acids is 2. The van der Waals surface area contributed by atoms with Gasteiger partial charge in [-0.25, -0.2) is 9.78 Å². The molecule has 1 heterocycles. The predicted molar refractivity (Wildman–Crippen MR) is 64.3 cm³/mol. The lowest BCUT2D eigenvalue weighted by atomic mass is 10.2. The molecule has 0 aliphatic rings. The van der Waals surface area contributed by atoms with Crippen LogP contribution in [0.5, 0.6) is 0 Å². The van der Waals surface area contributed by atoms with Crippen molar-refractivity contribution in [1.29, 1.82) is 0 Å². The van der Waals surface area contributed by atoms with Crippen LogP contribution in [0.1, 0.15) is 29.9 Å². The summed E-state index contributed by atoms with van der Waals surface area (Å²) in [7, 11) is 1.15. The minimum atomic E-state index is -4.68. The van der Waals surface area contributed by atoms with Crippen LogP contribution in [0.3, 0.4) is 0 Å². The highest BCUT2D eigenvalue weighted by Gasteiger charge is 2.36. The molecule has 5 nitrogen and oxygen atoms in total. The van der Waals surface area contributed by atoms with Crippen molar-refractivity contribution >= 4 is 17.7 Å². The van der Waals surface area contributed by atoms with E-state index in [4.69, 9.17) is 0 Å². The van der Waals surface area contributed by atoms with Crippen molar-refractivity contribution in [3.63, 3.8) is 0 Å². The lowest BCUT2D eigenvalue weighted by Crippen LogP contribution is -2.28. The lowest BCUT2D eigenvalue weighted by molar-refractivity contribution is -0.137. The third kappa shape index (κ3) is 3.46. The van der Waals surface area contributed by atoms with E-state index >= 15 is 0 Å². The Balaban J connectivity index is 3.36. The van der Waals surface area contributed by atoms with Crippen molar-refractivity contribution in [3.8, 4) is 0 Å². The van der Waals surface area contributed by atoms with Crippen LogP contribution < -0.4 is 4.90 Å². The molecule has 20 heavy (non-hydrogen) atoms. The molecule has 0 N–H and O–H groups in total. The maximum Gasteiger partial charge on any atom is 0.419 e. The van der Waals surface area contributed by atoms with Gasteiger partial charge in [0.25, 0.3) is 0 Å². The number of carbonyl (C=O) groups is 2. The van der Waals surface area contributed by atoms with Crippen LogP contribution in [0.2, 0.25) is 0 Å². The van der Waals surface area contributed by atoms with Gasteiger partial charge in [0.05, 0.1) is 12.2 Å². The van der Waals surface area contributed by atoms with Crippen molar-refractivity contribution in [2.24, 2.45) is 0 Å². The van der Waals surface area contributed by atoms with Gasteiger partial charge in [0.2, 0.25) is 5.91 Å². The van der Waals surface area contributed by atoms with Gasteiger partial charge in [-0.2, -0.15) is 13.2 Å². The summed E-state index contributed by atoms with van der Waals surface area (Å²) in [6, 6.07) is 1.62. The van der Waals surface area contributed by atoms with Crippen LogP contribution in [-0.4, -0.2) is 30.5 Å². The first-order chi connectivity index (χ1) is 9.18. The first-order valence-electron chi connectivity index (χ1n) is 5.68. The van der Waals surface area contributed by atoms with Gasteiger partial charge in [-0.05, 0) is 19.1 Å². The smallest absolute Gasteiger partial charge is 0.419 e. The van der Waals surface area contributed by atoms with Gasteiger partial charge in [-0.15, -0.1) is 0 Å². The number of pyridine rings is 1. The monoisotopic (exact) mass is 290 g/mol. The second-order valence-corrected chi connectivity index (χ2v) is 3.86. The third-order valence-electron chi connectivity index (χ3n) is 2.46. The van der Waals surface area contributed by atoms with E-state index in [1.54, 1.807) is 6.92 Å². The highest BCUT2D eigenvalue weighted by molar-refractivity contribution is 5.92. The van der Waals surface area contributed by atoms with Crippen LogP contribution >= 0.6 is 0 Å². The number of halogens is 3. The average molecular weight is 290 g/mol. The molecule has 0 atom stereocenters. The number of alkyl halides is 3. The number of amides is 1. The zero-order chi connectivity index (χ0) is 15.5. The van der Waals surface area contributed by atoms with Crippen molar-refractivity contribution < 1.29 is 27.5 Å². The molecule has 0 radical (unpaired) electrons. The molecule has 1 aromatic rings. The second-order valence-electron chi connectivity index (χ2n) is 3.86. The van der Waals surface area contributed by atoms with Gasteiger partial charge >= 0.3 is 12.1 Å². The molecule has 0 aliphatic carbocycles. The van der Waals surface area contributed by atoms with Crippen LogP contribution in [0.4, 0.5) is 19.0 Å². The van der Waals surface area contributed by atoms with Gasteiger partial charge in [-0.3, -0.25) is 9.69 Å². The largest absolute Gasteiger partial charge is 0.461 e. The third-order valence-corrected chi connectivity index (χ3v) is 2.46. The molecule has 1 aromatic heterocycles. The van der Waals surface area contributed by atoms with Gasteiger partial charge in [-0.1, -0.05) is 0 Å². The molecule has 0 spiro atoms. The molecule has 0 aromatic carbocycles. The number of hydrogen-bond acceptors (Lipinski definition) is 4. The Hall–Kier alpha value is -2.12. The van der Waals surface area contributed by atoms with Gasteiger partial charge in [0.1, 0.15) is 5.82 Å². The summed E-state index contributed by atoms with van der Waals surface area (Å²) < 4.78 is 43.2. The van der Waals surface area contributed by atoms with Crippen molar-refractivity contribution in [1.82, 2.24) is 4.98 Å². The minimum Gasteiger partial charge on any atom is -0.461 e. The Labute approximate surface area is 113 Å². The fourth-order valence-electron chi connectivity index (χ4n) is 1.39. The number of esters is 1. The van der Waals surface area contributed by atoms with Crippen LogP contribution in [0, 0.1) is 0 Å². The van der Waals surface area contributed by atoms with Crippen LogP contribution in [-0.2, 0) is 15.7 Å². The summed E-state index contributed by atoms with van der Waals surface area (Å²) in [6.07, 6.45) is -4.68. The van der Waals surface area contributed by atoms with E-state index in [-0.39, 0.29) is 12.3 Å². The molecular weight excluding hydrogens is 277 g/mol. The van der Waals surface area contributed by atoms with E-state index in [0.717, 1.165) is 24.9 Å². The minimum absolute atomic E-state index is 0.0689. The van der Waals surface area contributed by atoms with E-state index in [0.29, 0.717) is 6.07 Å². The number of nitrogens with zero attached hydrogens (tertiary/aromatic N) is 2. The van der Waals surface area contributed by atoms with E-state index in [2.05, 4.69) is 9.72 Å². The molecule has 110 valence electrons. The van der Waals surface area contributed by atoms with Gasteiger partial charge in [0, 0.05) is 14.0 Å². The van der Waals surface area contributed by atoms with Crippen LogP contribution in [0.25, 0.3) is 0 Å². The molecule has 0 fully saturated rings. The Morgan fingerprint density at radius 2 is 1.95 bits per heavy atom. The first kappa shape index (κ1) is 15.9. The van der Waals surface area contributed by atoms with Crippen molar-refractivity contribution in [2.45, 2.75) is 20.0 Å². The zero-order valence-corrected chi connectivity index (χ0v) is 11.1. The molecule has 0 saturated heterocycles. The highest BCUT2D eigenvalue weighted by atomic mass is 19.4.